The number of aliphatic hydroxyl groups excluding tert-OH is 1. The number of aromatic amines is 1. The van der Waals surface area contributed by atoms with Crippen molar-refractivity contribution in [2.24, 2.45) is 0 Å². The fraction of sp³-hybridized carbons (Fsp3) is 0.357. The van der Waals surface area contributed by atoms with Crippen molar-refractivity contribution in [1.82, 2.24) is 10.3 Å². The number of rotatable bonds is 6. The first kappa shape index (κ1) is 12.6. The molecule has 0 atom stereocenters. The van der Waals surface area contributed by atoms with Crippen molar-refractivity contribution >= 4 is 16.8 Å². The van der Waals surface area contributed by atoms with Gasteiger partial charge in [-0.15, -0.1) is 0 Å². The van der Waals surface area contributed by atoms with Crippen molar-refractivity contribution in [2.75, 3.05) is 13.2 Å². The third-order valence-corrected chi connectivity index (χ3v) is 2.94. The van der Waals surface area contributed by atoms with Gasteiger partial charge >= 0.3 is 0 Å². The quantitative estimate of drug-likeness (QED) is 0.683. The maximum Gasteiger partial charge on any atom is 0.251 e. The molecule has 0 unspecified atom stereocenters. The second-order valence-corrected chi connectivity index (χ2v) is 4.32. The van der Waals surface area contributed by atoms with Crippen LogP contribution < -0.4 is 5.32 Å². The highest BCUT2D eigenvalue weighted by Crippen LogP contribution is 2.13. The van der Waals surface area contributed by atoms with E-state index >= 15 is 0 Å². The Bertz CT molecular complexity index is 519. The van der Waals surface area contributed by atoms with Gasteiger partial charge in [0.1, 0.15) is 0 Å². The maximum atomic E-state index is 11.9. The van der Waals surface area contributed by atoms with Crippen LogP contribution in [0.5, 0.6) is 0 Å². The van der Waals surface area contributed by atoms with Crippen LogP contribution in [0.15, 0.2) is 30.5 Å². The third kappa shape index (κ3) is 3.11. The number of amides is 1. The molecule has 1 heterocycles. The van der Waals surface area contributed by atoms with Gasteiger partial charge in [0.15, 0.2) is 0 Å². The normalized spacial score (nSPS) is 10.7. The predicted octanol–water partition coefficient (Wildman–Crippen LogP) is 2.06. The van der Waals surface area contributed by atoms with E-state index in [2.05, 4.69) is 10.3 Å². The number of aliphatic hydroxyl groups is 1. The Balaban J connectivity index is 1.88. The molecule has 1 amide bonds. The van der Waals surface area contributed by atoms with E-state index in [4.69, 9.17) is 5.11 Å². The summed E-state index contributed by atoms with van der Waals surface area (Å²) < 4.78 is 0. The van der Waals surface area contributed by atoms with E-state index in [1.54, 1.807) is 0 Å². The molecule has 4 nitrogen and oxygen atoms in total. The summed E-state index contributed by atoms with van der Waals surface area (Å²) in [7, 11) is 0. The molecule has 0 radical (unpaired) electrons. The third-order valence-electron chi connectivity index (χ3n) is 2.94. The molecule has 0 aliphatic rings. The highest BCUT2D eigenvalue weighted by atomic mass is 16.2. The van der Waals surface area contributed by atoms with E-state index in [1.165, 1.54) is 0 Å². The molecule has 1 aromatic heterocycles. The number of carbonyl (C=O) groups excluding carboxylic acids is 1. The van der Waals surface area contributed by atoms with Gasteiger partial charge in [0.25, 0.3) is 5.91 Å². The van der Waals surface area contributed by atoms with Gasteiger partial charge in [-0.3, -0.25) is 4.79 Å². The number of hydrogen-bond acceptors (Lipinski definition) is 2. The van der Waals surface area contributed by atoms with Crippen LogP contribution in [-0.2, 0) is 0 Å². The van der Waals surface area contributed by atoms with Crippen molar-refractivity contribution in [1.29, 1.82) is 0 Å². The molecule has 0 saturated carbocycles. The van der Waals surface area contributed by atoms with E-state index in [9.17, 15) is 4.79 Å². The van der Waals surface area contributed by atoms with E-state index in [-0.39, 0.29) is 12.5 Å². The summed E-state index contributed by atoms with van der Waals surface area (Å²) in [4.78, 5) is 15.0. The van der Waals surface area contributed by atoms with Crippen LogP contribution in [-0.4, -0.2) is 29.1 Å². The first-order valence-electron chi connectivity index (χ1n) is 6.27. The molecule has 0 aliphatic heterocycles. The Morgan fingerprint density at radius 3 is 2.94 bits per heavy atom. The largest absolute Gasteiger partial charge is 0.396 e. The maximum absolute atomic E-state index is 11.9. The van der Waals surface area contributed by atoms with Crippen LogP contribution in [0.4, 0.5) is 0 Å². The summed E-state index contributed by atoms with van der Waals surface area (Å²) in [5.74, 6) is -0.0458. The topological polar surface area (TPSA) is 65.1 Å². The number of benzene rings is 1. The van der Waals surface area contributed by atoms with Gasteiger partial charge in [0, 0.05) is 30.4 Å². The van der Waals surface area contributed by atoms with Crippen LogP contribution in [0, 0.1) is 0 Å². The zero-order valence-corrected chi connectivity index (χ0v) is 10.3. The molecule has 0 saturated heterocycles. The molecule has 96 valence electrons. The number of hydrogen-bond donors (Lipinski definition) is 3. The Kier molecular flexibility index (Phi) is 4.36. The van der Waals surface area contributed by atoms with Crippen molar-refractivity contribution in [2.45, 2.75) is 19.3 Å². The lowest BCUT2D eigenvalue weighted by Crippen LogP contribution is -2.24. The van der Waals surface area contributed by atoms with Crippen molar-refractivity contribution in [3.63, 3.8) is 0 Å². The van der Waals surface area contributed by atoms with Gasteiger partial charge < -0.3 is 15.4 Å². The Morgan fingerprint density at radius 2 is 2.11 bits per heavy atom. The average molecular weight is 246 g/mol. The molecular weight excluding hydrogens is 228 g/mol. The highest BCUT2D eigenvalue weighted by Gasteiger charge is 2.05. The molecule has 1 aromatic carbocycles. The summed E-state index contributed by atoms with van der Waals surface area (Å²) >= 11 is 0. The van der Waals surface area contributed by atoms with Crippen molar-refractivity contribution in [3.05, 3.63) is 36.0 Å². The predicted molar refractivity (Wildman–Crippen MR) is 71.6 cm³/mol. The standard InChI is InChI=1S/C14H18N2O2/c17-9-3-1-2-7-16-14(18)12-5-4-11-6-8-15-13(11)10-12/h4-6,8,10,15,17H,1-3,7,9H2,(H,16,18). The monoisotopic (exact) mass is 246 g/mol. The summed E-state index contributed by atoms with van der Waals surface area (Å²) in [6.45, 7) is 0.874. The van der Waals surface area contributed by atoms with Crippen LogP contribution in [0.3, 0.4) is 0 Å². The fourth-order valence-corrected chi connectivity index (χ4v) is 1.91. The highest BCUT2D eigenvalue weighted by molar-refractivity contribution is 5.97. The molecule has 18 heavy (non-hydrogen) atoms. The lowest BCUT2D eigenvalue weighted by Gasteiger charge is -2.05. The Hall–Kier alpha value is -1.81. The first-order chi connectivity index (χ1) is 8.81. The number of aromatic nitrogens is 1. The molecule has 2 aromatic rings. The average Bonchev–Trinajstić information content (AvgIpc) is 2.85. The molecule has 2 rings (SSSR count). The van der Waals surface area contributed by atoms with Crippen LogP contribution in [0.2, 0.25) is 0 Å². The number of H-pyrrole nitrogens is 1. The molecule has 4 heteroatoms. The number of nitrogens with one attached hydrogen (secondary N) is 2. The van der Waals surface area contributed by atoms with Gasteiger partial charge in [-0.2, -0.15) is 0 Å². The summed E-state index contributed by atoms with van der Waals surface area (Å²) in [6.07, 6.45) is 4.50. The number of unbranched alkanes of at least 4 members (excludes halogenated alkanes) is 2. The molecule has 3 N–H and O–H groups in total. The van der Waals surface area contributed by atoms with Gasteiger partial charge in [-0.1, -0.05) is 6.07 Å². The molecule has 0 spiro atoms. The van der Waals surface area contributed by atoms with E-state index in [0.717, 1.165) is 30.2 Å². The molecule has 0 fully saturated rings. The second-order valence-electron chi connectivity index (χ2n) is 4.32. The summed E-state index contributed by atoms with van der Waals surface area (Å²) in [5, 5.41) is 12.6. The molecule has 0 aliphatic carbocycles. The number of carbonyl (C=O) groups is 1. The van der Waals surface area contributed by atoms with E-state index in [1.807, 2.05) is 30.5 Å². The summed E-state index contributed by atoms with van der Waals surface area (Å²) in [5.41, 5.74) is 1.65. The first-order valence-corrected chi connectivity index (χ1v) is 6.27. The Labute approximate surface area is 106 Å². The summed E-state index contributed by atoms with van der Waals surface area (Å²) in [6, 6.07) is 7.61. The van der Waals surface area contributed by atoms with Gasteiger partial charge in [-0.25, -0.2) is 0 Å². The van der Waals surface area contributed by atoms with E-state index < -0.39 is 0 Å². The van der Waals surface area contributed by atoms with Crippen LogP contribution in [0.1, 0.15) is 29.6 Å². The van der Waals surface area contributed by atoms with Crippen LogP contribution in [0.25, 0.3) is 10.9 Å². The van der Waals surface area contributed by atoms with Gasteiger partial charge in [0.05, 0.1) is 0 Å². The van der Waals surface area contributed by atoms with E-state index in [0.29, 0.717) is 12.1 Å². The minimum absolute atomic E-state index is 0.0458. The number of fused-ring (bicyclic) bond motifs is 1. The van der Waals surface area contributed by atoms with Gasteiger partial charge in [0.2, 0.25) is 0 Å². The van der Waals surface area contributed by atoms with Gasteiger partial charge in [-0.05, 0) is 42.8 Å². The lowest BCUT2D eigenvalue weighted by atomic mass is 10.1. The molecule has 0 bridgehead atoms. The Morgan fingerprint density at radius 1 is 1.22 bits per heavy atom. The SMILES string of the molecule is O=C(NCCCCCO)c1ccc2cc[nH]c2c1. The van der Waals surface area contributed by atoms with Crippen molar-refractivity contribution in [3.8, 4) is 0 Å². The fourth-order valence-electron chi connectivity index (χ4n) is 1.91. The minimum atomic E-state index is -0.0458. The van der Waals surface area contributed by atoms with Crippen LogP contribution >= 0.6 is 0 Å². The smallest absolute Gasteiger partial charge is 0.251 e. The zero-order chi connectivity index (χ0) is 12.8. The minimum Gasteiger partial charge on any atom is -0.396 e. The zero-order valence-electron chi connectivity index (χ0n) is 10.3. The van der Waals surface area contributed by atoms with Crippen molar-refractivity contribution < 1.29 is 9.90 Å². The lowest BCUT2D eigenvalue weighted by molar-refractivity contribution is 0.0953. The second kappa shape index (κ2) is 6.21. The molecular formula is C14H18N2O2.